The molecule has 0 aliphatic carbocycles. The number of aliphatic imine (C=N–C) groups is 1. The van der Waals surface area contributed by atoms with Crippen molar-refractivity contribution < 1.29 is 9.26 Å². The monoisotopic (exact) mass is 390 g/mol. The fourth-order valence-electron chi connectivity index (χ4n) is 3.05. The van der Waals surface area contributed by atoms with E-state index in [9.17, 15) is 0 Å². The summed E-state index contributed by atoms with van der Waals surface area (Å²) < 4.78 is 12.4. The van der Waals surface area contributed by atoms with E-state index < -0.39 is 0 Å². The zero-order valence-electron chi connectivity index (χ0n) is 17.1. The predicted molar refractivity (Wildman–Crippen MR) is 104 cm³/mol. The maximum absolute atomic E-state index is 5.28. The quantitative estimate of drug-likeness (QED) is 0.507. The standard InChI is InChI=1S/C18H30N8O2/c1-5-19-18(20-9-8-16-23-17(12(2)3)25-28-16)21-13-6-7-15-22-14(11-27-4)24-26(15)10-13/h12-13H,5-11H2,1-4H3,(H2,19,20,21). The zero-order chi connectivity index (χ0) is 19.9. The van der Waals surface area contributed by atoms with Gasteiger partial charge >= 0.3 is 0 Å². The van der Waals surface area contributed by atoms with E-state index >= 15 is 0 Å². The van der Waals surface area contributed by atoms with Crippen molar-refractivity contribution in [2.75, 3.05) is 20.2 Å². The highest BCUT2D eigenvalue weighted by atomic mass is 16.5. The van der Waals surface area contributed by atoms with Crippen molar-refractivity contribution in [2.24, 2.45) is 4.99 Å². The second kappa shape index (κ2) is 9.63. The summed E-state index contributed by atoms with van der Waals surface area (Å²) in [5.41, 5.74) is 0. The first kappa shape index (κ1) is 20.2. The maximum atomic E-state index is 5.28. The molecule has 3 rings (SSSR count). The van der Waals surface area contributed by atoms with Gasteiger partial charge in [-0.3, -0.25) is 4.99 Å². The summed E-state index contributed by atoms with van der Waals surface area (Å²) in [5.74, 6) is 4.17. The van der Waals surface area contributed by atoms with Crippen molar-refractivity contribution in [3.05, 3.63) is 23.4 Å². The number of methoxy groups -OCH3 is 1. The van der Waals surface area contributed by atoms with Gasteiger partial charge < -0.3 is 19.9 Å². The number of hydrogen-bond acceptors (Lipinski definition) is 7. The number of ether oxygens (including phenoxy) is 1. The van der Waals surface area contributed by atoms with Gasteiger partial charge in [-0.25, -0.2) is 9.67 Å². The van der Waals surface area contributed by atoms with E-state index in [2.05, 4.69) is 42.8 Å². The lowest BCUT2D eigenvalue weighted by molar-refractivity contribution is 0.177. The van der Waals surface area contributed by atoms with Crippen molar-refractivity contribution in [3.8, 4) is 0 Å². The van der Waals surface area contributed by atoms with Crippen LogP contribution in [0.1, 0.15) is 56.5 Å². The highest BCUT2D eigenvalue weighted by Crippen LogP contribution is 2.13. The highest BCUT2D eigenvalue weighted by Gasteiger charge is 2.22. The Hall–Kier alpha value is -2.49. The largest absolute Gasteiger partial charge is 0.377 e. The molecule has 28 heavy (non-hydrogen) atoms. The Morgan fingerprint density at radius 1 is 1.39 bits per heavy atom. The van der Waals surface area contributed by atoms with Crippen molar-refractivity contribution >= 4 is 5.96 Å². The lowest BCUT2D eigenvalue weighted by Gasteiger charge is -2.25. The van der Waals surface area contributed by atoms with Gasteiger partial charge in [0.1, 0.15) is 12.4 Å². The number of hydrogen-bond donors (Lipinski definition) is 2. The van der Waals surface area contributed by atoms with E-state index in [1.807, 2.05) is 18.5 Å². The third-order valence-corrected chi connectivity index (χ3v) is 4.46. The van der Waals surface area contributed by atoms with Crippen LogP contribution in [-0.2, 0) is 30.7 Å². The van der Waals surface area contributed by atoms with Gasteiger partial charge in [-0.2, -0.15) is 10.1 Å². The number of guanidine groups is 1. The molecule has 1 unspecified atom stereocenters. The second-order valence-electron chi connectivity index (χ2n) is 7.15. The van der Waals surface area contributed by atoms with Gasteiger partial charge in [0.2, 0.25) is 5.89 Å². The van der Waals surface area contributed by atoms with E-state index in [0.29, 0.717) is 25.5 Å². The van der Waals surface area contributed by atoms with Crippen LogP contribution >= 0.6 is 0 Å². The molecule has 1 aliphatic rings. The first-order valence-electron chi connectivity index (χ1n) is 9.87. The summed E-state index contributed by atoms with van der Waals surface area (Å²) in [6.07, 6.45) is 2.49. The lowest BCUT2D eigenvalue weighted by Crippen LogP contribution is -2.47. The number of nitrogens with one attached hydrogen (secondary N) is 2. The minimum Gasteiger partial charge on any atom is -0.377 e. The molecule has 1 aliphatic heterocycles. The number of nitrogens with zero attached hydrogens (tertiary/aromatic N) is 6. The summed E-state index contributed by atoms with van der Waals surface area (Å²) in [5, 5.41) is 15.3. The molecule has 0 radical (unpaired) electrons. The minimum atomic E-state index is 0.248. The van der Waals surface area contributed by atoms with Crippen molar-refractivity contribution in [3.63, 3.8) is 0 Å². The number of aryl methyl sites for hydroxylation is 1. The number of aromatic nitrogens is 5. The molecule has 10 heteroatoms. The van der Waals surface area contributed by atoms with Gasteiger partial charge in [-0.15, -0.1) is 0 Å². The minimum absolute atomic E-state index is 0.248. The fourth-order valence-corrected chi connectivity index (χ4v) is 3.05. The molecule has 1 atom stereocenters. The van der Waals surface area contributed by atoms with Crippen LogP contribution in [0.15, 0.2) is 9.52 Å². The van der Waals surface area contributed by atoms with Crippen LogP contribution < -0.4 is 10.6 Å². The molecule has 3 heterocycles. The summed E-state index contributed by atoms with van der Waals surface area (Å²) >= 11 is 0. The lowest BCUT2D eigenvalue weighted by atomic mass is 10.1. The van der Waals surface area contributed by atoms with Gasteiger partial charge in [0.15, 0.2) is 17.6 Å². The Kier molecular flexibility index (Phi) is 6.96. The van der Waals surface area contributed by atoms with Crippen LogP contribution in [0.2, 0.25) is 0 Å². The van der Waals surface area contributed by atoms with Gasteiger partial charge in [0.05, 0.1) is 13.1 Å². The van der Waals surface area contributed by atoms with Crippen LogP contribution in [0.25, 0.3) is 0 Å². The predicted octanol–water partition coefficient (Wildman–Crippen LogP) is 1.04. The Morgan fingerprint density at radius 3 is 2.96 bits per heavy atom. The van der Waals surface area contributed by atoms with E-state index in [-0.39, 0.29) is 12.0 Å². The fraction of sp³-hybridized carbons (Fsp3) is 0.722. The van der Waals surface area contributed by atoms with Crippen molar-refractivity contribution in [1.82, 2.24) is 35.5 Å². The summed E-state index contributed by atoms with van der Waals surface area (Å²) in [7, 11) is 1.65. The first-order valence-corrected chi connectivity index (χ1v) is 9.87. The third kappa shape index (κ3) is 5.28. The molecule has 0 saturated carbocycles. The van der Waals surface area contributed by atoms with Crippen LogP contribution in [0.5, 0.6) is 0 Å². The molecule has 10 nitrogen and oxygen atoms in total. The molecular weight excluding hydrogens is 360 g/mol. The normalized spacial score (nSPS) is 17.0. The van der Waals surface area contributed by atoms with Crippen LogP contribution in [-0.4, -0.2) is 57.1 Å². The average Bonchev–Trinajstić information content (AvgIpc) is 3.28. The Morgan fingerprint density at radius 2 is 2.25 bits per heavy atom. The van der Waals surface area contributed by atoms with Crippen molar-refractivity contribution in [2.45, 2.75) is 65.1 Å². The molecule has 154 valence electrons. The SMILES string of the molecule is CCNC(=NCCc1nc(C(C)C)no1)NC1CCc2nc(COC)nn2C1. The van der Waals surface area contributed by atoms with Gasteiger partial charge in [-0.1, -0.05) is 19.0 Å². The highest BCUT2D eigenvalue weighted by molar-refractivity contribution is 5.80. The molecule has 0 bridgehead atoms. The Bertz CT molecular complexity index is 782. The molecule has 0 fully saturated rings. The molecule has 0 aromatic carbocycles. The smallest absolute Gasteiger partial charge is 0.228 e. The van der Waals surface area contributed by atoms with Gasteiger partial charge in [0.25, 0.3) is 0 Å². The van der Waals surface area contributed by atoms with E-state index in [4.69, 9.17) is 9.26 Å². The summed E-state index contributed by atoms with van der Waals surface area (Å²) in [6.45, 7) is 8.72. The van der Waals surface area contributed by atoms with Gasteiger partial charge in [0, 0.05) is 38.5 Å². The first-order chi connectivity index (χ1) is 13.6. The molecule has 2 N–H and O–H groups in total. The maximum Gasteiger partial charge on any atom is 0.228 e. The van der Waals surface area contributed by atoms with E-state index in [0.717, 1.165) is 49.4 Å². The molecule has 2 aromatic heterocycles. The molecule has 0 spiro atoms. The van der Waals surface area contributed by atoms with E-state index in [1.54, 1.807) is 7.11 Å². The molecule has 0 saturated heterocycles. The number of fused-ring (bicyclic) bond motifs is 1. The van der Waals surface area contributed by atoms with E-state index in [1.165, 1.54) is 0 Å². The van der Waals surface area contributed by atoms with Crippen LogP contribution in [0, 0.1) is 0 Å². The number of rotatable bonds is 8. The zero-order valence-corrected chi connectivity index (χ0v) is 17.1. The molecule has 0 amide bonds. The Balaban J connectivity index is 1.55. The second-order valence-corrected chi connectivity index (χ2v) is 7.15. The Labute approximate surface area is 165 Å². The van der Waals surface area contributed by atoms with Crippen LogP contribution in [0.4, 0.5) is 0 Å². The molecular formula is C18H30N8O2. The molecule has 2 aromatic rings. The summed E-state index contributed by atoms with van der Waals surface area (Å²) in [6, 6.07) is 0.248. The van der Waals surface area contributed by atoms with Gasteiger partial charge in [-0.05, 0) is 13.3 Å². The topological polar surface area (TPSA) is 115 Å². The van der Waals surface area contributed by atoms with Crippen LogP contribution in [0.3, 0.4) is 0 Å². The summed E-state index contributed by atoms with van der Waals surface area (Å²) in [4.78, 5) is 13.6. The third-order valence-electron chi connectivity index (χ3n) is 4.46. The van der Waals surface area contributed by atoms with Crippen molar-refractivity contribution in [1.29, 1.82) is 0 Å². The average molecular weight is 390 g/mol.